The van der Waals surface area contributed by atoms with Gasteiger partial charge in [0.1, 0.15) is 5.82 Å². The molecular formula is C13H18ClFN2. The molecule has 1 saturated heterocycles. The van der Waals surface area contributed by atoms with E-state index >= 15 is 0 Å². The summed E-state index contributed by atoms with van der Waals surface area (Å²) < 4.78 is 13.7. The van der Waals surface area contributed by atoms with E-state index in [-0.39, 0.29) is 5.82 Å². The lowest BCUT2D eigenvalue weighted by Gasteiger charge is -2.31. The molecule has 1 aliphatic heterocycles. The maximum Gasteiger partial charge on any atom is 0.129 e. The molecule has 0 bridgehead atoms. The van der Waals surface area contributed by atoms with Crippen molar-refractivity contribution in [3.05, 3.63) is 34.6 Å². The number of halogens is 2. The van der Waals surface area contributed by atoms with Gasteiger partial charge in [-0.1, -0.05) is 17.7 Å². The van der Waals surface area contributed by atoms with Gasteiger partial charge in [-0.3, -0.25) is 4.90 Å². The summed E-state index contributed by atoms with van der Waals surface area (Å²) in [4.78, 5) is 2.18. The quantitative estimate of drug-likeness (QED) is 0.895. The third-order valence-corrected chi connectivity index (χ3v) is 3.72. The Morgan fingerprint density at radius 1 is 1.53 bits per heavy atom. The van der Waals surface area contributed by atoms with Crippen LogP contribution in [0.25, 0.3) is 0 Å². The summed E-state index contributed by atoms with van der Waals surface area (Å²) in [7, 11) is 2.03. The molecule has 0 spiro atoms. The van der Waals surface area contributed by atoms with E-state index < -0.39 is 0 Å². The Labute approximate surface area is 107 Å². The molecule has 2 rings (SSSR count). The van der Waals surface area contributed by atoms with E-state index in [0.717, 1.165) is 19.5 Å². The monoisotopic (exact) mass is 256 g/mol. The van der Waals surface area contributed by atoms with Gasteiger partial charge in [0.2, 0.25) is 0 Å². The molecule has 1 N–H and O–H groups in total. The first kappa shape index (κ1) is 12.8. The molecule has 0 radical (unpaired) electrons. The number of likely N-dealkylation sites (N-methyl/N-ethyl adjacent to an activating group) is 1. The van der Waals surface area contributed by atoms with Crippen molar-refractivity contribution in [3.8, 4) is 0 Å². The van der Waals surface area contributed by atoms with Crippen LogP contribution in [0.3, 0.4) is 0 Å². The van der Waals surface area contributed by atoms with Crippen LogP contribution in [0.5, 0.6) is 0 Å². The smallest absolute Gasteiger partial charge is 0.129 e. The number of piperidine rings is 1. The Morgan fingerprint density at radius 2 is 2.35 bits per heavy atom. The summed E-state index contributed by atoms with van der Waals surface area (Å²) in [6.45, 7) is 2.63. The Morgan fingerprint density at radius 3 is 3.00 bits per heavy atom. The molecule has 1 fully saturated rings. The molecule has 1 aliphatic rings. The van der Waals surface area contributed by atoms with Crippen molar-refractivity contribution in [2.24, 2.45) is 0 Å². The largest absolute Gasteiger partial charge is 0.315 e. The van der Waals surface area contributed by atoms with Crippen LogP contribution >= 0.6 is 11.6 Å². The highest BCUT2D eigenvalue weighted by molar-refractivity contribution is 6.31. The minimum atomic E-state index is -0.215. The molecule has 4 heteroatoms. The molecule has 2 nitrogen and oxygen atoms in total. The number of rotatable bonds is 3. The summed E-state index contributed by atoms with van der Waals surface area (Å²) in [5.74, 6) is -0.215. The van der Waals surface area contributed by atoms with Crippen LogP contribution in [-0.2, 0) is 6.54 Å². The topological polar surface area (TPSA) is 15.3 Å². The molecule has 1 heterocycles. The Bertz CT molecular complexity index is 357. The molecule has 17 heavy (non-hydrogen) atoms. The molecular weight excluding hydrogens is 239 g/mol. The summed E-state index contributed by atoms with van der Waals surface area (Å²) in [5, 5.41) is 3.88. The van der Waals surface area contributed by atoms with Crippen molar-refractivity contribution in [2.45, 2.75) is 25.4 Å². The summed E-state index contributed by atoms with van der Waals surface area (Å²) in [5.41, 5.74) is 0.599. The molecule has 0 aliphatic carbocycles. The van der Waals surface area contributed by atoms with Crippen molar-refractivity contribution in [3.63, 3.8) is 0 Å². The number of benzene rings is 1. The Kier molecular flexibility index (Phi) is 4.37. The van der Waals surface area contributed by atoms with Gasteiger partial charge in [0.25, 0.3) is 0 Å². The zero-order valence-electron chi connectivity index (χ0n) is 10.0. The number of nitrogens with zero attached hydrogens (tertiary/aromatic N) is 1. The maximum absolute atomic E-state index is 13.7. The van der Waals surface area contributed by atoms with E-state index in [1.54, 1.807) is 12.1 Å². The lowest BCUT2D eigenvalue weighted by atomic mass is 10.1. The van der Waals surface area contributed by atoms with E-state index in [9.17, 15) is 4.39 Å². The third kappa shape index (κ3) is 3.18. The second-order valence-corrected chi connectivity index (χ2v) is 5.02. The SMILES string of the molecule is CN(Cc1c(F)cccc1Cl)C1CCCNC1. The molecule has 1 aromatic rings. The van der Waals surface area contributed by atoms with Gasteiger partial charge in [0.05, 0.1) is 0 Å². The fourth-order valence-corrected chi connectivity index (χ4v) is 2.49. The van der Waals surface area contributed by atoms with Gasteiger partial charge in [0, 0.05) is 29.7 Å². The molecule has 1 atom stereocenters. The predicted octanol–water partition coefficient (Wildman–Crippen LogP) is 2.66. The van der Waals surface area contributed by atoms with Crippen molar-refractivity contribution in [1.29, 1.82) is 0 Å². The highest BCUT2D eigenvalue weighted by Gasteiger charge is 2.19. The summed E-state index contributed by atoms with van der Waals surface area (Å²) in [6, 6.07) is 5.32. The van der Waals surface area contributed by atoms with Gasteiger partial charge in [-0.2, -0.15) is 0 Å². The minimum absolute atomic E-state index is 0.215. The molecule has 1 unspecified atom stereocenters. The third-order valence-electron chi connectivity index (χ3n) is 3.36. The maximum atomic E-state index is 13.7. The average molecular weight is 257 g/mol. The van der Waals surface area contributed by atoms with Gasteiger partial charge in [-0.05, 0) is 38.6 Å². The zero-order valence-corrected chi connectivity index (χ0v) is 10.8. The number of hydrogen-bond donors (Lipinski definition) is 1. The fraction of sp³-hybridized carbons (Fsp3) is 0.538. The Balaban J connectivity index is 2.04. The Hall–Kier alpha value is -0.640. The lowest BCUT2D eigenvalue weighted by molar-refractivity contribution is 0.194. The fourth-order valence-electron chi connectivity index (χ4n) is 2.27. The highest BCUT2D eigenvalue weighted by Crippen LogP contribution is 2.22. The first-order valence-corrected chi connectivity index (χ1v) is 6.40. The van der Waals surface area contributed by atoms with Crippen molar-refractivity contribution >= 4 is 11.6 Å². The van der Waals surface area contributed by atoms with Crippen LogP contribution in [-0.4, -0.2) is 31.1 Å². The van der Waals surface area contributed by atoms with E-state index in [0.29, 0.717) is 23.2 Å². The summed E-state index contributed by atoms with van der Waals surface area (Å²) >= 11 is 6.03. The van der Waals surface area contributed by atoms with Crippen LogP contribution < -0.4 is 5.32 Å². The molecule has 1 aromatic carbocycles. The number of hydrogen-bond acceptors (Lipinski definition) is 2. The zero-order chi connectivity index (χ0) is 12.3. The molecule has 94 valence electrons. The van der Waals surface area contributed by atoms with E-state index in [1.165, 1.54) is 12.5 Å². The minimum Gasteiger partial charge on any atom is -0.315 e. The van der Waals surface area contributed by atoms with Crippen LogP contribution in [0.15, 0.2) is 18.2 Å². The van der Waals surface area contributed by atoms with Crippen LogP contribution in [0.2, 0.25) is 5.02 Å². The summed E-state index contributed by atoms with van der Waals surface area (Å²) in [6.07, 6.45) is 2.34. The van der Waals surface area contributed by atoms with Crippen LogP contribution in [0.4, 0.5) is 4.39 Å². The highest BCUT2D eigenvalue weighted by atomic mass is 35.5. The average Bonchev–Trinajstić information content (AvgIpc) is 2.35. The molecule has 0 saturated carbocycles. The first-order valence-electron chi connectivity index (χ1n) is 6.02. The van der Waals surface area contributed by atoms with Gasteiger partial charge < -0.3 is 5.32 Å². The van der Waals surface area contributed by atoms with Crippen molar-refractivity contribution < 1.29 is 4.39 Å². The second kappa shape index (κ2) is 5.80. The lowest BCUT2D eigenvalue weighted by Crippen LogP contribution is -2.43. The predicted molar refractivity (Wildman–Crippen MR) is 68.8 cm³/mol. The number of nitrogens with one attached hydrogen (secondary N) is 1. The van der Waals surface area contributed by atoms with Crippen LogP contribution in [0.1, 0.15) is 18.4 Å². The van der Waals surface area contributed by atoms with Gasteiger partial charge in [0.15, 0.2) is 0 Å². The van der Waals surface area contributed by atoms with Gasteiger partial charge in [-0.25, -0.2) is 4.39 Å². The first-order chi connectivity index (χ1) is 8.18. The van der Waals surface area contributed by atoms with Crippen LogP contribution in [0, 0.1) is 5.82 Å². The standard InChI is InChI=1S/C13H18ClFN2/c1-17(10-4-3-7-16-8-10)9-11-12(14)5-2-6-13(11)15/h2,5-6,10,16H,3-4,7-9H2,1H3. The van der Waals surface area contributed by atoms with Gasteiger partial charge in [-0.15, -0.1) is 0 Å². The normalized spacial score (nSPS) is 20.8. The molecule has 0 aromatic heterocycles. The molecule has 0 amide bonds. The second-order valence-electron chi connectivity index (χ2n) is 4.62. The van der Waals surface area contributed by atoms with E-state index in [4.69, 9.17) is 11.6 Å². The van der Waals surface area contributed by atoms with Crippen molar-refractivity contribution in [1.82, 2.24) is 10.2 Å². The van der Waals surface area contributed by atoms with Gasteiger partial charge >= 0.3 is 0 Å². The van der Waals surface area contributed by atoms with Crippen molar-refractivity contribution in [2.75, 3.05) is 20.1 Å². The van der Waals surface area contributed by atoms with E-state index in [1.807, 2.05) is 7.05 Å². The van der Waals surface area contributed by atoms with E-state index in [2.05, 4.69) is 10.2 Å².